The van der Waals surface area contributed by atoms with Crippen LogP contribution in [0.3, 0.4) is 0 Å². The highest BCUT2D eigenvalue weighted by Gasteiger charge is 2.20. The molecule has 2 heterocycles. The second-order valence-electron chi connectivity index (χ2n) is 4.63. The molecule has 3 rings (SSSR count). The van der Waals surface area contributed by atoms with Gasteiger partial charge in [0.2, 0.25) is 0 Å². The second-order valence-corrected chi connectivity index (χ2v) is 6.42. The number of fused-ring (bicyclic) bond motifs is 1. The minimum atomic E-state index is -0.330. The monoisotopic (exact) mass is 354 g/mol. The van der Waals surface area contributed by atoms with Gasteiger partial charge in [-0.05, 0) is 18.6 Å². The van der Waals surface area contributed by atoms with Crippen molar-refractivity contribution in [1.82, 2.24) is 9.38 Å². The molecule has 114 valence electrons. The molecule has 0 amide bonds. The summed E-state index contributed by atoms with van der Waals surface area (Å²) >= 11 is 13.3. The van der Waals surface area contributed by atoms with Gasteiger partial charge < -0.3 is 4.74 Å². The van der Waals surface area contributed by atoms with E-state index in [4.69, 9.17) is 27.9 Å². The Morgan fingerprint density at radius 1 is 1.36 bits per heavy atom. The first-order valence-corrected chi connectivity index (χ1v) is 8.17. The van der Waals surface area contributed by atoms with Gasteiger partial charge in [-0.3, -0.25) is 4.40 Å². The van der Waals surface area contributed by atoms with Crippen LogP contribution < -0.4 is 0 Å². The first-order valence-electron chi connectivity index (χ1n) is 6.59. The Morgan fingerprint density at radius 3 is 2.77 bits per heavy atom. The summed E-state index contributed by atoms with van der Waals surface area (Å²) < 4.78 is 6.75. The number of carbonyl (C=O) groups excluding carboxylic acids is 1. The number of nitrogens with zero attached hydrogens (tertiary/aromatic N) is 2. The van der Waals surface area contributed by atoms with Gasteiger partial charge in [0.25, 0.3) is 0 Å². The molecule has 0 radical (unpaired) electrons. The van der Waals surface area contributed by atoms with Crippen LogP contribution in [0.5, 0.6) is 0 Å². The largest absolute Gasteiger partial charge is 0.465 e. The zero-order valence-corrected chi connectivity index (χ0v) is 14.2. The fourth-order valence-electron chi connectivity index (χ4n) is 2.27. The fraction of sp³-hybridized carbons (Fsp3) is 0.200. The molecule has 0 saturated heterocycles. The number of carbonyl (C=O) groups is 1. The zero-order chi connectivity index (χ0) is 15.9. The normalized spacial score (nSPS) is 11.1. The SMILES string of the molecule is CCc1c(C(=O)OC)sc2nc(-c3ccc(Cl)c(Cl)c3)cn12. The molecule has 0 saturated carbocycles. The number of rotatable bonds is 3. The number of esters is 1. The van der Waals surface area contributed by atoms with Crippen LogP contribution in [0.2, 0.25) is 10.0 Å². The lowest BCUT2D eigenvalue weighted by atomic mass is 10.2. The second kappa shape index (κ2) is 5.91. The molecule has 0 unspecified atom stereocenters. The summed E-state index contributed by atoms with van der Waals surface area (Å²) in [7, 11) is 1.38. The van der Waals surface area contributed by atoms with Crippen molar-refractivity contribution in [2.45, 2.75) is 13.3 Å². The third-order valence-corrected chi connectivity index (χ3v) is 5.16. The molecule has 0 N–H and O–H groups in total. The van der Waals surface area contributed by atoms with E-state index in [0.717, 1.165) is 21.9 Å². The predicted octanol–water partition coefficient (Wildman–Crippen LogP) is 4.72. The van der Waals surface area contributed by atoms with Crippen LogP contribution >= 0.6 is 34.5 Å². The Labute approximate surface area is 141 Å². The molecule has 3 aromatic rings. The summed E-state index contributed by atoms with van der Waals surface area (Å²) in [6.45, 7) is 1.99. The van der Waals surface area contributed by atoms with Crippen LogP contribution in [0.15, 0.2) is 24.4 Å². The summed E-state index contributed by atoms with van der Waals surface area (Å²) in [6, 6.07) is 5.39. The Morgan fingerprint density at radius 2 is 2.14 bits per heavy atom. The van der Waals surface area contributed by atoms with E-state index >= 15 is 0 Å². The molecule has 0 bridgehead atoms. The maximum absolute atomic E-state index is 11.8. The number of ether oxygens (including phenoxy) is 1. The quantitative estimate of drug-likeness (QED) is 0.639. The molecule has 4 nitrogen and oxygen atoms in total. The van der Waals surface area contributed by atoms with Gasteiger partial charge in [-0.2, -0.15) is 0 Å². The molecular formula is C15H12Cl2N2O2S. The van der Waals surface area contributed by atoms with Crippen molar-refractivity contribution in [1.29, 1.82) is 0 Å². The van der Waals surface area contributed by atoms with Gasteiger partial charge in [0.1, 0.15) is 4.88 Å². The Bertz CT molecular complexity index is 870. The van der Waals surface area contributed by atoms with Crippen molar-refractivity contribution in [2.75, 3.05) is 7.11 Å². The number of hydrogen-bond acceptors (Lipinski definition) is 4. The molecule has 1 aromatic carbocycles. The molecule has 2 aromatic heterocycles. The summed E-state index contributed by atoms with van der Waals surface area (Å²) in [4.78, 5) is 17.7. The maximum Gasteiger partial charge on any atom is 0.349 e. The number of hydrogen-bond donors (Lipinski definition) is 0. The van der Waals surface area contributed by atoms with E-state index in [0.29, 0.717) is 21.3 Å². The minimum Gasteiger partial charge on any atom is -0.465 e. The summed E-state index contributed by atoms with van der Waals surface area (Å²) in [5.41, 5.74) is 2.56. The van der Waals surface area contributed by atoms with Crippen molar-refractivity contribution in [3.05, 3.63) is 45.0 Å². The lowest BCUT2D eigenvalue weighted by molar-refractivity contribution is 0.0604. The van der Waals surface area contributed by atoms with Gasteiger partial charge in [0, 0.05) is 17.5 Å². The number of benzene rings is 1. The van der Waals surface area contributed by atoms with Crippen LogP contribution in [-0.2, 0) is 11.2 Å². The molecule has 0 fully saturated rings. The molecule has 22 heavy (non-hydrogen) atoms. The Balaban J connectivity index is 2.12. The highest BCUT2D eigenvalue weighted by Crippen LogP contribution is 2.31. The van der Waals surface area contributed by atoms with Gasteiger partial charge in [0.05, 0.1) is 22.8 Å². The van der Waals surface area contributed by atoms with Gasteiger partial charge in [-0.25, -0.2) is 9.78 Å². The van der Waals surface area contributed by atoms with Crippen LogP contribution in [0.25, 0.3) is 16.2 Å². The molecule has 0 aliphatic carbocycles. The fourth-order valence-corrected chi connectivity index (χ4v) is 3.68. The van der Waals surface area contributed by atoms with Gasteiger partial charge >= 0.3 is 5.97 Å². The molecular weight excluding hydrogens is 343 g/mol. The smallest absolute Gasteiger partial charge is 0.349 e. The van der Waals surface area contributed by atoms with E-state index < -0.39 is 0 Å². The first-order chi connectivity index (χ1) is 10.5. The van der Waals surface area contributed by atoms with Crippen LogP contribution in [0, 0.1) is 0 Å². The van der Waals surface area contributed by atoms with E-state index in [9.17, 15) is 4.79 Å². The van der Waals surface area contributed by atoms with E-state index in [1.807, 2.05) is 23.6 Å². The lowest BCUT2D eigenvalue weighted by Gasteiger charge is -2.01. The van der Waals surface area contributed by atoms with Crippen molar-refractivity contribution in [2.24, 2.45) is 0 Å². The van der Waals surface area contributed by atoms with Crippen LogP contribution in [0.1, 0.15) is 22.3 Å². The molecule has 0 aliphatic rings. The van der Waals surface area contributed by atoms with E-state index in [1.165, 1.54) is 18.4 Å². The van der Waals surface area contributed by atoms with Crippen LogP contribution in [-0.4, -0.2) is 22.5 Å². The zero-order valence-electron chi connectivity index (χ0n) is 11.9. The summed E-state index contributed by atoms with van der Waals surface area (Å²) in [5.74, 6) is -0.330. The number of aryl methyl sites for hydroxylation is 1. The summed E-state index contributed by atoms with van der Waals surface area (Å²) in [6.07, 6.45) is 2.61. The number of imidazole rings is 1. The molecule has 0 aliphatic heterocycles. The van der Waals surface area contributed by atoms with E-state index in [-0.39, 0.29) is 5.97 Å². The standard InChI is InChI=1S/C15H12Cl2N2O2S/c1-3-12-13(14(20)21-2)22-15-18-11(7-19(12)15)8-4-5-9(16)10(17)6-8/h4-7H,3H2,1-2H3. The third-order valence-electron chi connectivity index (χ3n) is 3.34. The van der Waals surface area contributed by atoms with Crippen molar-refractivity contribution in [3.63, 3.8) is 0 Å². The third kappa shape index (κ3) is 2.49. The highest BCUT2D eigenvalue weighted by molar-refractivity contribution is 7.19. The lowest BCUT2D eigenvalue weighted by Crippen LogP contribution is -2.03. The topological polar surface area (TPSA) is 43.6 Å². The van der Waals surface area contributed by atoms with Crippen molar-refractivity contribution >= 4 is 45.5 Å². The summed E-state index contributed by atoms with van der Waals surface area (Å²) in [5, 5.41) is 0.996. The molecule has 0 spiro atoms. The van der Waals surface area contributed by atoms with Gasteiger partial charge in [0.15, 0.2) is 4.96 Å². The van der Waals surface area contributed by atoms with Gasteiger partial charge in [-0.15, -0.1) is 0 Å². The van der Waals surface area contributed by atoms with Crippen molar-refractivity contribution < 1.29 is 9.53 Å². The minimum absolute atomic E-state index is 0.330. The maximum atomic E-state index is 11.8. The number of halogens is 2. The average Bonchev–Trinajstić information content (AvgIpc) is 3.06. The number of methoxy groups -OCH3 is 1. The Kier molecular flexibility index (Phi) is 4.12. The van der Waals surface area contributed by atoms with Crippen LogP contribution in [0.4, 0.5) is 0 Å². The first kappa shape index (κ1) is 15.3. The number of aromatic nitrogens is 2. The highest BCUT2D eigenvalue weighted by atomic mass is 35.5. The van der Waals surface area contributed by atoms with E-state index in [1.54, 1.807) is 12.1 Å². The molecule has 7 heteroatoms. The van der Waals surface area contributed by atoms with Gasteiger partial charge in [-0.1, -0.05) is 47.5 Å². The Hall–Kier alpha value is -1.56. The average molecular weight is 355 g/mol. The molecule has 0 atom stereocenters. The van der Waals surface area contributed by atoms with Crippen molar-refractivity contribution in [3.8, 4) is 11.3 Å². The number of thiazole rings is 1. The van der Waals surface area contributed by atoms with E-state index in [2.05, 4.69) is 4.98 Å². The predicted molar refractivity (Wildman–Crippen MR) is 89.2 cm³/mol.